The molecule has 1 aromatic heterocycles. The Hall–Kier alpha value is -3.21. The zero-order chi connectivity index (χ0) is 30.2. The van der Waals surface area contributed by atoms with E-state index in [-0.39, 0.29) is 23.0 Å². The SMILES string of the molecule is COC(=O)c1nc(Sc2cccc(Cl)c2Cl)c(N)nc1N1CCC2(CC1)Cc1ccccc1[C@H]2NC(=O)OC(C)(C)C. The molecule has 1 amide bonds. The normalized spacial score (nSPS) is 17.6. The Balaban J connectivity index is 1.41. The second-order valence-electron chi connectivity index (χ2n) is 11.5. The smallest absolute Gasteiger partial charge is 0.408 e. The third-order valence-electron chi connectivity index (χ3n) is 7.61. The van der Waals surface area contributed by atoms with Gasteiger partial charge in [-0.1, -0.05) is 65.3 Å². The van der Waals surface area contributed by atoms with E-state index in [2.05, 4.69) is 27.4 Å². The minimum atomic E-state index is -0.616. The number of halogens is 2. The van der Waals surface area contributed by atoms with E-state index in [0.29, 0.717) is 38.9 Å². The number of rotatable bonds is 5. The predicted octanol–water partition coefficient (Wildman–Crippen LogP) is 6.71. The van der Waals surface area contributed by atoms with Crippen LogP contribution >= 0.6 is 35.0 Å². The van der Waals surface area contributed by atoms with Crippen LogP contribution in [0.25, 0.3) is 0 Å². The maximum atomic E-state index is 12.9. The summed E-state index contributed by atoms with van der Waals surface area (Å²) in [6.45, 7) is 6.70. The van der Waals surface area contributed by atoms with Gasteiger partial charge in [0.2, 0.25) is 0 Å². The van der Waals surface area contributed by atoms with Crippen molar-refractivity contribution < 1.29 is 19.1 Å². The van der Waals surface area contributed by atoms with E-state index in [9.17, 15) is 9.59 Å². The molecule has 0 saturated carbocycles. The summed E-state index contributed by atoms with van der Waals surface area (Å²) in [5.41, 5.74) is 7.93. The van der Waals surface area contributed by atoms with Crippen molar-refractivity contribution in [3.8, 4) is 0 Å². The van der Waals surface area contributed by atoms with Gasteiger partial charge >= 0.3 is 12.1 Å². The van der Waals surface area contributed by atoms with Crippen molar-refractivity contribution in [3.63, 3.8) is 0 Å². The van der Waals surface area contributed by atoms with Gasteiger partial charge < -0.3 is 25.4 Å². The van der Waals surface area contributed by atoms with Gasteiger partial charge in [0.1, 0.15) is 10.6 Å². The second kappa shape index (κ2) is 11.8. The number of esters is 1. The van der Waals surface area contributed by atoms with Crippen molar-refractivity contribution in [1.29, 1.82) is 0 Å². The van der Waals surface area contributed by atoms with Crippen molar-refractivity contribution in [3.05, 3.63) is 69.3 Å². The summed E-state index contributed by atoms with van der Waals surface area (Å²) in [4.78, 5) is 37.6. The van der Waals surface area contributed by atoms with Gasteiger partial charge in [-0.05, 0) is 63.3 Å². The summed E-state index contributed by atoms with van der Waals surface area (Å²) in [6, 6.07) is 13.2. The van der Waals surface area contributed by atoms with E-state index in [4.69, 9.17) is 38.4 Å². The molecule has 1 spiro atoms. The van der Waals surface area contributed by atoms with E-state index in [1.54, 1.807) is 18.2 Å². The van der Waals surface area contributed by atoms with Crippen LogP contribution in [0.1, 0.15) is 61.3 Å². The predicted molar refractivity (Wildman–Crippen MR) is 165 cm³/mol. The Labute approximate surface area is 259 Å². The molecule has 0 unspecified atom stereocenters. The van der Waals surface area contributed by atoms with Crippen LogP contribution in [-0.2, 0) is 15.9 Å². The number of carbonyl (C=O) groups is 2. The summed E-state index contributed by atoms with van der Waals surface area (Å²) in [5.74, 6) is -0.0887. The van der Waals surface area contributed by atoms with Crippen molar-refractivity contribution in [2.24, 2.45) is 5.41 Å². The van der Waals surface area contributed by atoms with Crippen LogP contribution in [0.4, 0.5) is 16.4 Å². The molecular weight excluding hydrogens is 597 g/mol. The average molecular weight is 631 g/mol. The van der Waals surface area contributed by atoms with E-state index >= 15 is 0 Å². The molecule has 3 aromatic rings. The molecule has 1 fully saturated rings. The number of amides is 1. The molecule has 1 aliphatic heterocycles. The average Bonchev–Trinajstić information content (AvgIpc) is 3.23. The lowest BCUT2D eigenvalue weighted by atomic mass is 9.72. The van der Waals surface area contributed by atoms with Crippen LogP contribution in [0, 0.1) is 5.41 Å². The highest BCUT2D eigenvalue weighted by Gasteiger charge is 2.49. The maximum absolute atomic E-state index is 12.9. The summed E-state index contributed by atoms with van der Waals surface area (Å²) in [5, 5.41) is 4.25. The lowest BCUT2D eigenvalue weighted by Crippen LogP contribution is -2.48. The standard InChI is InChI=1S/C30H33Cl2N5O4S/c1-29(2,3)41-28(39)35-23-18-9-6-5-8-17(18)16-30(23)12-14-37(15-13-30)25-22(27(38)40-4)34-26(24(33)36-25)42-20-11-7-10-19(31)21(20)32/h5-11,23H,12-16H2,1-4H3,(H2,33,36)(H,35,39)/t23-/m1/s1. The molecule has 222 valence electrons. The Kier molecular flexibility index (Phi) is 8.51. The molecule has 0 radical (unpaired) electrons. The first-order chi connectivity index (χ1) is 19.9. The number of nitrogens with zero attached hydrogens (tertiary/aromatic N) is 3. The second-order valence-corrected chi connectivity index (χ2v) is 13.4. The Morgan fingerprint density at radius 3 is 2.50 bits per heavy atom. The van der Waals surface area contributed by atoms with Crippen molar-refractivity contribution in [1.82, 2.24) is 15.3 Å². The summed E-state index contributed by atoms with van der Waals surface area (Å²) in [6.07, 6.45) is 1.86. The van der Waals surface area contributed by atoms with Crippen LogP contribution < -0.4 is 16.0 Å². The number of nitrogens with one attached hydrogen (secondary N) is 1. The number of hydrogen-bond acceptors (Lipinski definition) is 9. The molecule has 3 N–H and O–H groups in total. The van der Waals surface area contributed by atoms with Crippen LogP contribution in [0.5, 0.6) is 0 Å². The van der Waals surface area contributed by atoms with E-state index in [1.165, 1.54) is 24.4 Å². The number of hydrogen-bond donors (Lipinski definition) is 2. The number of benzene rings is 2. The van der Waals surface area contributed by atoms with Gasteiger partial charge in [-0.2, -0.15) is 0 Å². The molecule has 5 rings (SSSR count). The zero-order valence-corrected chi connectivity index (χ0v) is 26.2. The Morgan fingerprint density at radius 1 is 1.10 bits per heavy atom. The number of anilines is 2. The van der Waals surface area contributed by atoms with E-state index < -0.39 is 17.7 Å². The fraction of sp³-hybridized carbons (Fsp3) is 0.400. The highest BCUT2D eigenvalue weighted by atomic mass is 35.5. The number of nitrogens with two attached hydrogens (primary N) is 1. The third-order valence-corrected chi connectivity index (χ3v) is 9.60. The molecule has 1 saturated heterocycles. The van der Waals surface area contributed by atoms with Gasteiger partial charge in [0.05, 0.1) is 23.2 Å². The molecule has 2 aliphatic rings. The first kappa shape index (κ1) is 30.3. The molecule has 9 nitrogen and oxygen atoms in total. The maximum Gasteiger partial charge on any atom is 0.408 e. The number of alkyl carbamates (subject to hydrolysis) is 1. The number of nitrogen functional groups attached to an aromatic ring is 1. The van der Waals surface area contributed by atoms with Gasteiger partial charge in [-0.15, -0.1) is 0 Å². The number of fused-ring (bicyclic) bond motifs is 1. The van der Waals surface area contributed by atoms with Crippen LogP contribution in [-0.4, -0.2) is 47.8 Å². The van der Waals surface area contributed by atoms with Crippen LogP contribution in [0.2, 0.25) is 10.0 Å². The lowest BCUT2D eigenvalue weighted by Gasteiger charge is -2.44. The summed E-state index contributed by atoms with van der Waals surface area (Å²) >= 11 is 13.7. The highest BCUT2D eigenvalue weighted by molar-refractivity contribution is 7.99. The van der Waals surface area contributed by atoms with Crippen molar-refractivity contribution >= 4 is 58.7 Å². The summed E-state index contributed by atoms with van der Waals surface area (Å²) in [7, 11) is 1.30. The van der Waals surface area contributed by atoms with Crippen molar-refractivity contribution in [2.75, 3.05) is 30.8 Å². The highest BCUT2D eigenvalue weighted by Crippen LogP contribution is 2.52. The number of piperidine rings is 1. The largest absolute Gasteiger partial charge is 0.464 e. The van der Waals surface area contributed by atoms with Gasteiger partial charge in [-0.3, -0.25) is 0 Å². The molecule has 1 atom stereocenters. The van der Waals surface area contributed by atoms with Gasteiger partial charge in [-0.25, -0.2) is 19.6 Å². The van der Waals surface area contributed by atoms with Gasteiger partial charge in [0, 0.05) is 23.4 Å². The number of aromatic nitrogens is 2. The summed E-state index contributed by atoms with van der Waals surface area (Å²) < 4.78 is 10.7. The van der Waals surface area contributed by atoms with E-state index in [0.717, 1.165) is 24.8 Å². The number of ether oxygens (including phenoxy) is 2. The monoisotopic (exact) mass is 629 g/mol. The van der Waals surface area contributed by atoms with E-state index in [1.807, 2.05) is 37.8 Å². The quantitative estimate of drug-likeness (QED) is 0.297. The first-order valence-electron chi connectivity index (χ1n) is 13.6. The minimum Gasteiger partial charge on any atom is -0.464 e. The number of carbonyl (C=O) groups excluding carboxylic acids is 2. The Morgan fingerprint density at radius 2 is 1.81 bits per heavy atom. The third kappa shape index (κ3) is 6.11. The topological polar surface area (TPSA) is 120 Å². The molecule has 1 aliphatic carbocycles. The van der Waals surface area contributed by atoms with Crippen LogP contribution in [0.3, 0.4) is 0 Å². The molecule has 0 bridgehead atoms. The molecule has 42 heavy (non-hydrogen) atoms. The lowest BCUT2D eigenvalue weighted by molar-refractivity contribution is 0.0426. The minimum absolute atomic E-state index is 0.0708. The Bertz CT molecular complexity index is 1520. The fourth-order valence-corrected chi connectivity index (χ4v) is 7.01. The molecule has 12 heteroatoms. The molecular formula is C30H33Cl2N5O4S. The van der Waals surface area contributed by atoms with Gasteiger partial charge in [0.15, 0.2) is 17.3 Å². The zero-order valence-electron chi connectivity index (χ0n) is 23.9. The van der Waals surface area contributed by atoms with Crippen LogP contribution in [0.15, 0.2) is 52.4 Å². The molecule has 2 heterocycles. The molecule has 2 aromatic carbocycles. The number of methoxy groups -OCH3 is 1. The van der Waals surface area contributed by atoms with Gasteiger partial charge in [0.25, 0.3) is 0 Å². The fourth-order valence-electron chi connectivity index (χ4n) is 5.69. The van der Waals surface area contributed by atoms with Crippen molar-refractivity contribution in [2.45, 2.75) is 61.6 Å². The first-order valence-corrected chi connectivity index (χ1v) is 15.2.